The molecule has 0 spiro atoms. The van der Waals surface area contributed by atoms with E-state index < -0.39 is 0 Å². The molecule has 2 N–H and O–H groups in total. The van der Waals surface area contributed by atoms with Crippen molar-refractivity contribution in [3.8, 4) is 0 Å². The van der Waals surface area contributed by atoms with E-state index in [0.717, 1.165) is 44.5 Å². The molecule has 2 fully saturated rings. The Morgan fingerprint density at radius 3 is 2.86 bits per heavy atom. The molecule has 0 radical (unpaired) electrons. The molecular weight excluding hydrogens is 282 g/mol. The second kappa shape index (κ2) is 6.46. The summed E-state index contributed by atoms with van der Waals surface area (Å²) in [5.41, 5.74) is 0. The van der Waals surface area contributed by atoms with Gasteiger partial charge in [-0.2, -0.15) is 5.10 Å². The topological polar surface area (TPSA) is 91.0 Å². The number of nitrogens with one attached hydrogen (secondary N) is 2. The molecule has 1 aliphatic heterocycles. The van der Waals surface area contributed by atoms with Gasteiger partial charge < -0.3 is 10.2 Å². The van der Waals surface area contributed by atoms with E-state index in [9.17, 15) is 9.59 Å². The molecule has 120 valence electrons. The van der Waals surface area contributed by atoms with Crippen molar-refractivity contribution in [2.75, 3.05) is 6.54 Å². The Bertz CT molecular complexity index is 556. The molecule has 0 bridgehead atoms. The van der Waals surface area contributed by atoms with Gasteiger partial charge in [-0.05, 0) is 26.2 Å². The van der Waals surface area contributed by atoms with E-state index in [0.29, 0.717) is 18.8 Å². The highest BCUT2D eigenvalue weighted by atomic mass is 16.2. The molecule has 1 saturated carbocycles. The first-order valence-electron chi connectivity index (χ1n) is 8.10. The average Bonchev–Trinajstić information content (AvgIpc) is 3.13. The van der Waals surface area contributed by atoms with Crippen LogP contribution in [0.1, 0.15) is 50.2 Å². The number of hydrogen-bond donors (Lipinski definition) is 2. The first-order valence-corrected chi connectivity index (χ1v) is 8.10. The lowest BCUT2D eigenvalue weighted by Gasteiger charge is -2.37. The van der Waals surface area contributed by atoms with E-state index in [2.05, 4.69) is 20.5 Å². The third kappa shape index (κ3) is 3.13. The summed E-state index contributed by atoms with van der Waals surface area (Å²) in [6.07, 6.45) is 5.48. The van der Waals surface area contributed by atoms with Crippen molar-refractivity contribution >= 4 is 11.8 Å². The van der Waals surface area contributed by atoms with Crippen molar-refractivity contribution in [1.29, 1.82) is 0 Å². The van der Waals surface area contributed by atoms with Gasteiger partial charge in [0.05, 0.1) is 12.5 Å². The number of aromatic nitrogens is 3. The molecule has 1 aromatic rings. The second-order valence-corrected chi connectivity index (χ2v) is 6.20. The Kier molecular flexibility index (Phi) is 4.40. The van der Waals surface area contributed by atoms with Crippen LogP contribution in [-0.2, 0) is 16.1 Å². The van der Waals surface area contributed by atoms with Crippen molar-refractivity contribution in [2.24, 2.45) is 5.92 Å². The van der Waals surface area contributed by atoms with Gasteiger partial charge in [0.15, 0.2) is 5.82 Å². The highest BCUT2D eigenvalue weighted by molar-refractivity contribution is 5.82. The van der Waals surface area contributed by atoms with Gasteiger partial charge in [0.1, 0.15) is 5.82 Å². The zero-order chi connectivity index (χ0) is 15.5. The lowest BCUT2D eigenvalue weighted by atomic mass is 9.83. The number of hydrogen-bond acceptors (Lipinski definition) is 4. The standard InChI is InChI=1S/C15H23N5O2/c1-10-17-13(19-18-10)9-16-15(22)11-5-2-3-6-12(11)20-8-4-7-14(20)21/h11-12H,2-9H2,1H3,(H,16,22)(H,17,18,19)/t11-,12+/m1/s1. The zero-order valence-corrected chi connectivity index (χ0v) is 13.0. The van der Waals surface area contributed by atoms with Crippen LogP contribution in [0.15, 0.2) is 0 Å². The van der Waals surface area contributed by atoms with Gasteiger partial charge in [0.25, 0.3) is 0 Å². The Hall–Kier alpha value is -1.92. The largest absolute Gasteiger partial charge is 0.348 e. The maximum atomic E-state index is 12.5. The molecule has 7 nitrogen and oxygen atoms in total. The van der Waals surface area contributed by atoms with Crippen LogP contribution in [0.4, 0.5) is 0 Å². The molecule has 2 atom stereocenters. The van der Waals surface area contributed by atoms with E-state index in [1.807, 2.05) is 11.8 Å². The summed E-state index contributed by atoms with van der Waals surface area (Å²) in [5.74, 6) is 1.45. The van der Waals surface area contributed by atoms with Crippen LogP contribution in [-0.4, -0.2) is 44.5 Å². The van der Waals surface area contributed by atoms with Crippen LogP contribution in [0.3, 0.4) is 0 Å². The molecule has 7 heteroatoms. The molecule has 0 aromatic carbocycles. The van der Waals surface area contributed by atoms with Crippen LogP contribution < -0.4 is 5.32 Å². The predicted octanol–water partition coefficient (Wildman–Crippen LogP) is 0.911. The molecule has 0 unspecified atom stereocenters. The Morgan fingerprint density at radius 1 is 1.36 bits per heavy atom. The molecule has 2 amide bonds. The minimum atomic E-state index is -0.101. The van der Waals surface area contributed by atoms with Gasteiger partial charge in [-0.15, -0.1) is 0 Å². The normalized spacial score (nSPS) is 25.5. The Labute approximate surface area is 129 Å². The fourth-order valence-electron chi connectivity index (χ4n) is 3.58. The third-order valence-corrected chi connectivity index (χ3v) is 4.64. The number of carbonyl (C=O) groups excluding carboxylic acids is 2. The fraction of sp³-hybridized carbons (Fsp3) is 0.733. The van der Waals surface area contributed by atoms with Crippen LogP contribution in [0, 0.1) is 12.8 Å². The minimum Gasteiger partial charge on any atom is -0.348 e. The van der Waals surface area contributed by atoms with E-state index in [1.165, 1.54) is 0 Å². The van der Waals surface area contributed by atoms with Gasteiger partial charge in [0.2, 0.25) is 11.8 Å². The molecule has 2 aliphatic rings. The number of H-pyrrole nitrogens is 1. The summed E-state index contributed by atoms with van der Waals surface area (Å²) in [7, 11) is 0. The summed E-state index contributed by atoms with van der Waals surface area (Å²) in [4.78, 5) is 30.7. The first-order chi connectivity index (χ1) is 10.6. The van der Waals surface area contributed by atoms with Crippen LogP contribution in [0.2, 0.25) is 0 Å². The molecule has 1 aromatic heterocycles. The lowest BCUT2D eigenvalue weighted by molar-refractivity contribution is -0.135. The lowest BCUT2D eigenvalue weighted by Crippen LogP contribution is -2.49. The van der Waals surface area contributed by atoms with Crippen molar-refractivity contribution in [3.63, 3.8) is 0 Å². The summed E-state index contributed by atoms with van der Waals surface area (Å²) in [6.45, 7) is 2.96. The van der Waals surface area contributed by atoms with Crippen LogP contribution in [0.5, 0.6) is 0 Å². The van der Waals surface area contributed by atoms with Gasteiger partial charge in [0, 0.05) is 19.0 Å². The Morgan fingerprint density at radius 2 is 2.18 bits per heavy atom. The van der Waals surface area contributed by atoms with Gasteiger partial charge in [-0.25, -0.2) is 4.98 Å². The quantitative estimate of drug-likeness (QED) is 0.865. The average molecular weight is 305 g/mol. The summed E-state index contributed by atoms with van der Waals surface area (Å²) in [6, 6.07) is 0.0672. The van der Waals surface area contributed by atoms with Gasteiger partial charge >= 0.3 is 0 Å². The number of aromatic amines is 1. The van der Waals surface area contributed by atoms with E-state index in [1.54, 1.807) is 0 Å². The fourth-order valence-corrected chi connectivity index (χ4v) is 3.58. The maximum absolute atomic E-state index is 12.5. The summed E-state index contributed by atoms with van der Waals surface area (Å²) >= 11 is 0. The van der Waals surface area contributed by atoms with Crippen molar-refractivity contribution in [3.05, 3.63) is 11.6 Å². The number of rotatable bonds is 4. The van der Waals surface area contributed by atoms with Gasteiger partial charge in [-0.3, -0.25) is 14.7 Å². The molecule has 1 aliphatic carbocycles. The molecule has 22 heavy (non-hydrogen) atoms. The second-order valence-electron chi connectivity index (χ2n) is 6.20. The molecule has 2 heterocycles. The van der Waals surface area contributed by atoms with Crippen LogP contribution >= 0.6 is 0 Å². The summed E-state index contributed by atoms with van der Waals surface area (Å²) in [5, 5.41) is 9.72. The molecule has 1 saturated heterocycles. The molecular formula is C15H23N5O2. The van der Waals surface area contributed by atoms with E-state index in [-0.39, 0.29) is 23.8 Å². The molecule has 3 rings (SSSR count). The number of likely N-dealkylation sites (tertiary alicyclic amines) is 1. The van der Waals surface area contributed by atoms with E-state index >= 15 is 0 Å². The SMILES string of the molecule is Cc1nc(CNC(=O)[C@@H]2CCCC[C@@H]2N2CCCC2=O)n[nH]1. The monoisotopic (exact) mass is 305 g/mol. The van der Waals surface area contributed by atoms with E-state index in [4.69, 9.17) is 0 Å². The predicted molar refractivity (Wildman–Crippen MR) is 79.7 cm³/mol. The number of amides is 2. The summed E-state index contributed by atoms with van der Waals surface area (Å²) < 4.78 is 0. The zero-order valence-electron chi connectivity index (χ0n) is 13.0. The number of aryl methyl sites for hydroxylation is 1. The van der Waals surface area contributed by atoms with Crippen molar-refractivity contribution in [2.45, 2.75) is 58.0 Å². The number of carbonyl (C=O) groups is 2. The maximum Gasteiger partial charge on any atom is 0.225 e. The smallest absolute Gasteiger partial charge is 0.225 e. The Balaban J connectivity index is 1.62. The van der Waals surface area contributed by atoms with Gasteiger partial charge in [-0.1, -0.05) is 12.8 Å². The minimum absolute atomic E-state index is 0.0202. The van der Waals surface area contributed by atoms with Crippen LogP contribution in [0.25, 0.3) is 0 Å². The third-order valence-electron chi connectivity index (χ3n) is 4.64. The first kappa shape index (κ1) is 15.0. The highest BCUT2D eigenvalue weighted by Crippen LogP contribution is 2.31. The van der Waals surface area contributed by atoms with Crippen molar-refractivity contribution in [1.82, 2.24) is 25.4 Å². The highest BCUT2D eigenvalue weighted by Gasteiger charge is 2.38. The number of nitrogens with zero attached hydrogens (tertiary/aromatic N) is 3. The van der Waals surface area contributed by atoms with Crippen molar-refractivity contribution < 1.29 is 9.59 Å².